The van der Waals surface area contributed by atoms with Crippen LogP contribution in [0.2, 0.25) is 0 Å². The Labute approximate surface area is 249 Å². The van der Waals surface area contributed by atoms with Gasteiger partial charge in [-0.25, -0.2) is 18.7 Å². The highest BCUT2D eigenvalue weighted by molar-refractivity contribution is 6.04. The number of carbonyl (C=O) groups excluding carboxylic acids is 2. The molecule has 6 rings (SSSR count). The number of alkyl halides is 2. The molecule has 3 aliphatic rings. The average Bonchev–Trinajstić information content (AvgIpc) is 3.80. The van der Waals surface area contributed by atoms with Crippen molar-refractivity contribution in [1.29, 1.82) is 0 Å². The zero-order chi connectivity index (χ0) is 30.3. The van der Waals surface area contributed by atoms with Crippen molar-refractivity contribution in [2.45, 2.75) is 45.1 Å². The molecule has 0 radical (unpaired) electrons. The number of benzene rings is 2. The van der Waals surface area contributed by atoms with Crippen LogP contribution in [0.3, 0.4) is 0 Å². The van der Waals surface area contributed by atoms with Gasteiger partial charge < -0.3 is 15.5 Å². The van der Waals surface area contributed by atoms with Gasteiger partial charge in [-0.1, -0.05) is 18.1 Å². The van der Waals surface area contributed by atoms with Crippen LogP contribution in [0.1, 0.15) is 69.3 Å². The molecule has 0 bridgehead atoms. The van der Waals surface area contributed by atoms with E-state index in [1.165, 1.54) is 12.3 Å². The second-order valence-electron chi connectivity index (χ2n) is 11.8. The van der Waals surface area contributed by atoms with Gasteiger partial charge in [-0.15, -0.1) is 0 Å². The molecule has 1 aromatic heterocycles. The van der Waals surface area contributed by atoms with Crippen LogP contribution in [0.25, 0.3) is 0 Å². The van der Waals surface area contributed by atoms with E-state index >= 15 is 8.78 Å². The first-order valence-electron chi connectivity index (χ1n) is 14.6. The van der Waals surface area contributed by atoms with E-state index in [4.69, 9.17) is 0 Å². The molecule has 2 aliphatic carbocycles. The second-order valence-corrected chi connectivity index (χ2v) is 11.8. The zero-order valence-corrected chi connectivity index (χ0v) is 24.5. The number of likely N-dealkylation sites (N-methyl/N-ethyl adjacent to an activating group) is 1. The van der Waals surface area contributed by atoms with Gasteiger partial charge in [-0.2, -0.15) is 0 Å². The molecule has 0 spiro atoms. The first-order valence-corrected chi connectivity index (χ1v) is 14.6. The first-order chi connectivity index (χ1) is 20.6. The Kier molecular flexibility index (Phi) is 7.71. The fraction of sp³-hybridized carbons (Fsp3) is 0.394. The minimum atomic E-state index is -2.96. The van der Waals surface area contributed by atoms with Crippen molar-refractivity contribution in [2.75, 3.05) is 43.9 Å². The Morgan fingerprint density at radius 2 is 1.77 bits per heavy atom. The van der Waals surface area contributed by atoms with Crippen molar-refractivity contribution >= 4 is 23.3 Å². The van der Waals surface area contributed by atoms with Gasteiger partial charge in [0.25, 0.3) is 11.8 Å². The van der Waals surface area contributed by atoms with E-state index in [0.29, 0.717) is 39.6 Å². The number of aryl methyl sites for hydroxylation is 2. The Hall–Kier alpha value is -4.20. The number of halogens is 2. The molecule has 3 aromatic rings. The maximum absolute atomic E-state index is 15.1. The topological polar surface area (TPSA) is 90.5 Å². The summed E-state index contributed by atoms with van der Waals surface area (Å²) in [5.74, 6) is 3.13. The van der Waals surface area contributed by atoms with Crippen molar-refractivity contribution in [3.05, 3.63) is 81.8 Å². The number of amides is 2. The maximum Gasteiger partial charge on any atom is 0.275 e. The van der Waals surface area contributed by atoms with Gasteiger partial charge in [-0.3, -0.25) is 14.5 Å². The predicted molar refractivity (Wildman–Crippen MR) is 160 cm³/mol. The molecule has 1 aliphatic heterocycles. The standard InChI is InChI=1S/C33H34F2N6O2/c1-20-4-5-24(16-23(20)8-9-26-19-36-30(21(2)37-26)39-31(42)22-6-7-22)32(43)38-25-10-11-27-28(17-25)33(34,35)18-29(27)41-14-12-40(3)13-15-41/h4-5,10-11,16-17,19,22,29H,6-7,12-15,18H2,1-3H3,(H,38,43)(H,36,39,42). The van der Waals surface area contributed by atoms with Gasteiger partial charge in [0.15, 0.2) is 5.82 Å². The van der Waals surface area contributed by atoms with E-state index in [9.17, 15) is 9.59 Å². The first kappa shape index (κ1) is 28.9. The normalized spacial score (nSPS) is 19.7. The number of rotatable bonds is 5. The van der Waals surface area contributed by atoms with Gasteiger partial charge in [0.2, 0.25) is 5.91 Å². The van der Waals surface area contributed by atoms with Crippen molar-refractivity contribution in [3.8, 4) is 11.8 Å². The fourth-order valence-corrected chi connectivity index (χ4v) is 5.62. The number of carbonyl (C=O) groups is 2. The number of hydrogen-bond donors (Lipinski definition) is 2. The smallest absolute Gasteiger partial charge is 0.275 e. The number of fused-ring (bicyclic) bond motifs is 1. The minimum Gasteiger partial charge on any atom is -0.322 e. The SMILES string of the molecule is Cc1ccc(C(=O)Nc2ccc3c(c2)C(F)(F)CC3N2CCN(C)CC2)cc1C#Cc1cnc(NC(=O)C2CC2)c(C)n1. The molecular formula is C33H34F2N6O2. The van der Waals surface area contributed by atoms with Gasteiger partial charge >= 0.3 is 0 Å². The summed E-state index contributed by atoms with van der Waals surface area (Å²) in [7, 11) is 2.04. The highest BCUT2D eigenvalue weighted by atomic mass is 19.3. The van der Waals surface area contributed by atoms with Gasteiger partial charge in [0.1, 0.15) is 5.69 Å². The van der Waals surface area contributed by atoms with E-state index in [2.05, 4.69) is 42.2 Å². The van der Waals surface area contributed by atoms with Crippen LogP contribution < -0.4 is 10.6 Å². The molecule has 1 unspecified atom stereocenters. The number of anilines is 2. The second kappa shape index (κ2) is 11.5. The molecule has 8 nitrogen and oxygen atoms in total. The molecule has 10 heteroatoms. The van der Waals surface area contributed by atoms with Crippen molar-refractivity contribution in [3.63, 3.8) is 0 Å². The monoisotopic (exact) mass is 584 g/mol. The molecule has 222 valence electrons. The Bertz CT molecular complexity index is 1650. The zero-order valence-electron chi connectivity index (χ0n) is 24.5. The van der Waals surface area contributed by atoms with Crippen LogP contribution in [0.5, 0.6) is 0 Å². The summed E-state index contributed by atoms with van der Waals surface area (Å²) in [6, 6.07) is 9.67. The van der Waals surface area contributed by atoms with Crippen molar-refractivity contribution < 1.29 is 18.4 Å². The molecule has 2 amide bonds. The summed E-state index contributed by atoms with van der Waals surface area (Å²) in [4.78, 5) is 38.3. The summed E-state index contributed by atoms with van der Waals surface area (Å²) in [5.41, 5.74) is 3.82. The lowest BCUT2D eigenvalue weighted by molar-refractivity contribution is -0.117. The predicted octanol–water partition coefficient (Wildman–Crippen LogP) is 4.88. The highest BCUT2D eigenvalue weighted by Gasteiger charge is 2.47. The number of nitrogens with one attached hydrogen (secondary N) is 2. The molecule has 2 heterocycles. The Morgan fingerprint density at radius 1 is 1.00 bits per heavy atom. The van der Waals surface area contributed by atoms with E-state index in [0.717, 1.165) is 44.6 Å². The molecule has 1 saturated carbocycles. The summed E-state index contributed by atoms with van der Waals surface area (Å²) >= 11 is 0. The largest absolute Gasteiger partial charge is 0.322 e. The van der Waals surface area contributed by atoms with Gasteiger partial charge in [0, 0.05) is 66.9 Å². The average molecular weight is 585 g/mol. The number of hydrogen-bond acceptors (Lipinski definition) is 6. The Morgan fingerprint density at radius 3 is 2.49 bits per heavy atom. The summed E-state index contributed by atoms with van der Waals surface area (Å²) in [6.45, 7) is 6.87. The number of nitrogens with zero attached hydrogens (tertiary/aromatic N) is 4. The summed E-state index contributed by atoms with van der Waals surface area (Å²) in [6.07, 6.45) is 3.07. The third-order valence-electron chi connectivity index (χ3n) is 8.45. The Balaban J connectivity index is 1.16. The van der Waals surface area contributed by atoms with Crippen LogP contribution in [0, 0.1) is 31.6 Å². The van der Waals surface area contributed by atoms with Crippen LogP contribution in [0.4, 0.5) is 20.3 Å². The highest BCUT2D eigenvalue weighted by Crippen LogP contribution is 2.50. The molecule has 43 heavy (non-hydrogen) atoms. The van der Waals surface area contributed by atoms with E-state index in [-0.39, 0.29) is 29.9 Å². The van der Waals surface area contributed by atoms with Crippen molar-refractivity contribution in [2.24, 2.45) is 5.92 Å². The van der Waals surface area contributed by atoms with E-state index in [1.807, 2.05) is 14.0 Å². The molecule has 2 aromatic carbocycles. The van der Waals surface area contributed by atoms with E-state index < -0.39 is 11.8 Å². The molecular weight excluding hydrogens is 550 g/mol. The van der Waals surface area contributed by atoms with Crippen LogP contribution >= 0.6 is 0 Å². The quantitative estimate of drug-likeness (QED) is 0.416. The molecule has 2 fully saturated rings. The van der Waals surface area contributed by atoms with Crippen molar-refractivity contribution in [1.82, 2.24) is 19.8 Å². The third-order valence-corrected chi connectivity index (χ3v) is 8.45. The van der Waals surface area contributed by atoms with Crippen LogP contribution in [0.15, 0.2) is 42.6 Å². The third kappa shape index (κ3) is 6.28. The van der Waals surface area contributed by atoms with Crippen LogP contribution in [-0.2, 0) is 10.7 Å². The summed E-state index contributed by atoms with van der Waals surface area (Å²) in [5, 5.41) is 5.60. The van der Waals surface area contributed by atoms with E-state index in [1.54, 1.807) is 37.3 Å². The number of aromatic nitrogens is 2. The molecule has 2 N–H and O–H groups in total. The lowest BCUT2D eigenvalue weighted by atomic mass is 10.0. The van der Waals surface area contributed by atoms with Crippen LogP contribution in [-0.4, -0.2) is 64.8 Å². The lowest BCUT2D eigenvalue weighted by Crippen LogP contribution is -2.45. The van der Waals surface area contributed by atoms with Gasteiger partial charge in [-0.05, 0) is 75.0 Å². The molecule has 1 saturated heterocycles. The van der Waals surface area contributed by atoms with Gasteiger partial charge in [0.05, 0.1) is 11.9 Å². The minimum absolute atomic E-state index is 0.0146. The number of piperazine rings is 1. The molecule has 1 atom stereocenters. The summed E-state index contributed by atoms with van der Waals surface area (Å²) < 4.78 is 30.3. The fourth-order valence-electron chi connectivity index (χ4n) is 5.62. The lowest BCUT2D eigenvalue weighted by Gasteiger charge is -2.36. The maximum atomic E-state index is 15.1.